The van der Waals surface area contributed by atoms with Crippen LogP contribution in [0.15, 0.2) is 30.3 Å². The minimum Gasteiger partial charge on any atom is -0.370 e. The van der Waals surface area contributed by atoms with E-state index >= 15 is 0 Å². The van der Waals surface area contributed by atoms with E-state index in [2.05, 4.69) is 59.0 Å². The number of aromatic nitrogens is 2. The summed E-state index contributed by atoms with van der Waals surface area (Å²) in [6, 6.07) is 10.6. The van der Waals surface area contributed by atoms with Crippen LogP contribution < -0.4 is 4.90 Å². The molecule has 1 aromatic heterocycles. The van der Waals surface area contributed by atoms with Gasteiger partial charge in [-0.1, -0.05) is 31.2 Å². The molecule has 2 heterocycles. The van der Waals surface area contributed by atoms with Gasteiger partial charge in [-0.15, -0.1) is 0 Å². The molecule has 1 unspecified atom stereocenters. The van der Waals surface area contributed by atoms with Crippen LogP contribution in [0.2, 0.25) is 0 Å². The van der Waals surface area contributed by atoms with Gasteiger partial charge in [-0.3, -0.25) is 0 Å². The van der Waals surface area contributed by atoms with Crippen molar-refractivity contribution in [2.75, 3.05) is 24.6 Å². The SMILES string of the molecule is CCc1cc(N2CCOC(c3ccccc3C)C2)nc(C)n1. The zero-order chi connectivity index (χ0) is 15.5. The Morgan fingerprint density at radius 2 is 2.05 bits per heavy atom. The summed E-state index contributed by atoms with van der Waals surface area (Å²) in [7, 11) is 0. The number of aryl methyl sites for hydroxylation is 3. The first-order valence-electron chi connectivity index (χ1n) is 7.94. The van der Waals surface area contributed by atoms with Crippen molar-refractivity contribution in [2.45, 2.75) is 33.3 Å². The summed E-state index contributed by atoms with van der Waals surface area (Å²) in [5.41, 5.74) is 3.65. The Labute approximate surface area is 132 Å². The van der Waals surface area contributed by atoms with Crippen LogP contribution in [0.3, 0.4) is 0 Å². The van der Waals surface area contributed by atoms with Crippen LogP contribution in [0.4, 0.5) is 5.82 Å². The zero-order valence-electron chi connectivity index (χ0n) is 13.5. The van der Waals surface area contributed by atoms with Crippen LogP contribution in [-0.2, 0) is 11.2 Å². The maximum atomic E-state index is 6.00. The molecule has 1 fully saturated rings. The molecule has 4 nitrogen and oxygen atoms in total. The Morgan fingerprint density at radius 1 is 1.23 bits per heavy atom. The molecule has 22 heavy (non-hydrogen) atoms. The lowest BCUT2D eigenvalue weighted by Gasteiger charge is -2.34. The number of hydrogen-bond acceptors (Lipinski definition) is 4. The van der Waals surface area contributed by atoms with Gasteiger partial charge in [-0.2, -0.15) is 0 Å². The third kappa shape index (κ3) is 3.12. The Balaban J connectivity index is 1.84. The molecule has 0 bridgehead atoms. The molecule has 0 spiro atoms. The van der Waals surface area contributed by atoms with Crippen LogP contribution in [0.1, 0.15) is 35.7 Å². The largest absolute Gasteiger partial charge is 0.370 e. The standard InChI is InChI=1S/C18H23N3O/c1-4-15-11-18(20-14(3)19-15)21-9-10-22-17(12-21)16-8-6-5-7-13(16)2/h5-8,11,17H,4,9-10,12H2,1-3H3. The van der Waals surface area contributed by atoms with Gasteiger partial charge in [0.25, 0.3) is 0 Å². The molecule has 1 aliphatic heterocycles. The minimum atomic E-state index is 0.107. The highest BCUT2D eigenvalue weighted by atomic mass is 16.5. The Kier molecular flexibility index (Phi) is 4.39. The molecule has 0 N–H and O–H groups in total. The van der Waals surface area contributed by atoms with Crippen molar-refractivity contribution in [3.05, 3.63) is 53.0 Å². The molecule has 3 rings (SSSR count). The fourth-order valence-electron chi connectivity index (χ4n) is 2.95. The van der Waals surface area contributed by atoms with Crippen molar-refractivity contribution in [3.63, 3.8) is 0 Å². The molecule has 1 aliphatic rings. The summed E-state index contributed by atoms with van der Waals surface area (Å²) in [4.78, 5) is 11.4. The number of rotatable bonds is 3. The van der Waals surface area contributed by atoms with Gasteiger partial charge in [-0.05, 0) is 31.4 Å². The molecule has 0 amide bonds. The first-order chi connectivity index (χ1) is 10.7. The molecular formula is C18H23N3O. The molecule has 1 saturated heterocycles. The third-order valence-corrected chi connectivity index (χ3v) is 4.17. The zero-order valence-corrected chi connectivity index (χ0v) is 13.5. The highest BCUT2D eigenvalue weighted by molar-refractivity contribution is 5.42. The summed E-state index contributed by atoms with van der Waals surface area (Å²) < 4.78 is 6.00. The number of benzene rings is 1. The van der Waals surface area contributed by atoms with E-state index in [0.29, 0.717) is 0 Å². The fourth-order valence-corrected chi connectivity index (χ4v) is 2.95. The van der Waals surface area contributed by atoms with E-state index in [1.807, 2.05) is 6.92 Å². The molecule has 0 radical (unpaired) electrons. The lowest BCUT2D eigenvalue weighted by molar-refractivity contribution is 0.0391. The predicted molar refractivity (Wildman–Crippen MR) is 88.2 cm³/mol. The lowest BCUT2D eigenvalue weighted by atomic mass is 10.0. The van der Waals surface area contributed by atoms with Gasteiger partial charge in [0, 0.05) is 24.8 Å². The van der Waals surface area contributed by atoms with Crippen LogP contribution in [0.25, 0.3) is 0 Å². The molecule has 0 aliphatic carbocycles. The van der Waals surface area contributed by atoms with Gasteiger partial charge in [0.05, 0.1) is 6.61 Å². The first-order valence-corrected chi connectivity index (χ1v) is 7.94. The third-order valence-electron chi connectivity index (χ3n) is 4.17. The van der Waals surface area contributed by atoms with Crippen LogP contribution in [0, 0.1) is 13.8 Å². The second-order valence-electron chi connectivity index (χ2n) is 5.78. The van der Waals surface area contributed by atoms with Crippen molar-refractivity contribution in [3.8, 4) is 0 Å². The number of ether oxygens (including phenoxy) is 1. The van der Waals surface area contributed by atoms with Crippen molar-refractivity contribution >= 4 is 5.82 Å². The molecule has 2 aromatic rings. The van der Waals surface area contributed by atoms with E-state index in [9.17, 15) is 0 Å². The lowest BCUT2D eigenvalue weighted by Crippen LogP contribution is -2.39. The number of anilines is 1. The van der Waals surface area contributed by atoms with Crippen LogP contribution in [0.5, 0.6) is 0 Å². The topological polar surface area (TPSA) is 38.2 Å². The van der Waals surface area contributed by atoms with E-state index < -0.39 is 0 Å². The molecule has 4 heteroatoms. The summed E-state index contributed by atoms with van der Waals surface area (Å²) >= 11 is 0. The summed E-state index contributed by atoms with van der Waals surface area (Å²) in [5, 5.41) is 0. The Bertz CT molecular complexity index is 657. The number of hydrogen-bond donors (Lipinski definition) is 0. The first kappa shape index (κ1) is 15.0. The minimum absolute atomic E-state index is 0.107. The van der Waals surface area contributed by atoms with Crippen molar-refractivity contribution in [1.29, 1.82) is 0 Å². The normalized spacial score (nSPS) is 18.5. The summed E-state index contributed by atoms with van der Waals surface area (Å²) in [6.07, 6.45) is 1.04. The fraction of sp³-hybridized carbons (Fsp3) is 0.444. The van der Waals surface area contributed by atoms with E-state index in [0.717, 1.165) is 43.5 Å². The Morgan fingerprint density at radius 3 is 2.82 bits per heavy atom. The van der Waals surface area contributed by atoms with Crippen molar-refractivity contribution in [2.24, 2.45) is 0 Å². The maximum absolute atomic E-state index is 6.00. The van der Waals surface area contributed by atoms with Gasteiger partial charge in [0.1, 0.15) is 17.7 Å². The van der Waals surface area contributed by atoms with E-state index in [-0.39, 0.29) is 6.10 Å². The number of nitrogens with zero attached hydrogens (tertiary/aromatic N) is 3. The maximum Gasteiger partial charge on any atom is 0.132 e. The van der Waals surface area contributed by atoms with E-state index in [1.54, 1.807) is 0 Å². The highest BCUT2D eigenvalue weighted by Crippen LogP contribution is 2.27. The molecular weight excluding hydrogens is 274 g/mol. The van der Waals surface area contributed by atoms with Crippen LogP contribution in [-0.4, -0.2) is 29.7 Å². The molecule has 1 atom stereocenters. The average molecular weight is 297 g/mol. The summed E-state index contributed by atoms with van der Waals surface area (Å²) in [6.45, 7) is 8.67. The van der Waals surface area contributed by atoms with Gasteiger partial charge >= 0.3 is 0 Å². The highest BCUT2D eigenvalue weighted by Gasteiger charge is 2.24. The van der Waals surface area contributed by atoms with Gasteiger partial charge < -0.3 is 9.64 Å². The van der Waals surface area contributed by atoms with Crippen molar-refractivity contribution < 1.29 is 4.74 Å². The predicted octanol–water partition coefficient (Wildman–Crippen LogP) is 3.23. The average Bonchev–Trinajstić information content (AvgIpc) is 2.55. The summed E-state index contributed by atoms with van der Waals surface area (Å²) in [5.74, 6) is 1.86. The van der Waals surface area contributed by atoms with Crippen molar-refractivity contribution in [1.82, 2.24) is 9.97 Å². The van der Waals surface area contributed by atoms with E-state index in [4.69, 9.17) is 4.74 Å². The molecule has 0 saturated carbocycles. The van der Waals surface area contributed by atoms with Gasteiger partial charge in [0.2, 0.25) is 0 Å². The smallest absolute Gasteiger partial charge is 0.132 e. The molecule has 1 aromatic carbocycles. The quantitative estimate of drug-likeness (QED) is 0.872. The number of morpholine rings is 1. The van der Waals surface area contributed by atoms with Crippen LogP contribution >= 0.6 is 0 Å². The monoisotopic (exact) mass is 297 g/mol. The van der Waals surface area contributed by atoms with E-state index in [1.165, 1.54) is 11.1 Å². The second-order valence-corrected chi connectivity index (χ2v) is 5.78. The Hall–Kier alpha value is -1.94. The van der Waals surface area contributed by atoms with Gasteiger partial charge in [0.15, 0.2) is 0 Å². The second kappa shape index (κ2) is 6.44. The molecule has 116 valence electrons. The van der Waals surface area contributed by atoms with Gasteiger partial charge in [-0.25, -0.2) is 9.97 Å².